The Morgan fingerprint density at radius 3 is 2.85 bits per heavy atom. The van der Waals surface area contributed by atoms with Crippen molar-refractivity contribution in [1.29, 1.82) is 0 Å². The minimum absolute atomic E-state index is 0.191. The SMILES string of the molecule is CC(C)(C)C1=NCCc2sccc21. The Labute approximate surface area is 83.5 Å². The van der Waals surface area contributed by atoms with Crippen LogP contribution in [0.5, 0.6) is 0 Å². The fourth-order valence-corrected chi connectivity index (χ4v) is 2.61. The quantitative estimate of drug-likeness (QED) is 0.600. The van der Waals surface area contributed by atoms with Crippen LogP contribution in [0.15, 0.2) is 16.4 Å². The monoisotopic (exact) mass is 193 g/mol. The summed E-state index contributed by atoms with van der Waals surface area (Å²) >= 11 is 1.86. The van der Waals surface area contributed by atoms with E-state index in [1.54, 1.807) is 0 Å². The first-order valence-corrected chi connectivity index (χ1v) is 5.58. The third-order valence-corrected chi connectivity index (χ3v) is 3.30. The summed E-state index contributed by atoms with van der Waals surface area (Å²) in [4.78, 5) is 6.15. The number of hydrogen-bond acceptors (Lipinski definition) is 2. The summed E-state index contributed by atoms with van der Waals surface area (Å²) in [6.07, 6.45) is 1.13. The fourth-order valence-electron chi connectivity index (χ4n) is 1.74. The molecule has 0 N–H and O–H groups in total. The fraction of sp³-hybridized carbons (Fsp3) is 0.545. The second kappa shape index (κ2) is 2.95. The molecule has 0 aromatic carbocycles. The van der Waals surface area contributed by atoms with Crippen LogP contribution in [0.3, 0.4) is 0 Å². The molecule has 0 saturated heterocycles. The summed E-state index contributed by atoms with van der Waals surface area (Å²) in [6, 6.07) is 2.21. The van der Waals surface area contributed by atoms with Gasteiger partial charge in [-0.25, -0.2) is 0 Å². The summed E-state index contributed by atoms with van der Waals surface area (Å²) in [5.41, 5.74) is 2.87. The minimum atomic E-state index is 0.191. The molecule has 2 heterocycles. The molecule has 2 rings (SSSR count). The first-order chi connectivity index (χ1) is 6.09. The third kappa shape index (κ3) is 1.55. The molecule has 0 radical (unpaired) electrons. The van der Waals surface area contributed by atoms with Crippen molar-refractivity contribution in [3.63, 3.8) is 0 Å². The zero-order valence-electron chi connectivity index (χ0n) is 8.42. The van der Waals surface area contributed by atoms with Crippen molar-refractivity contribution in [1.82, 2.24) is 0 Å². The standard InChI is InChI=1S/C11H15NS/c1-11(2,3)10-8-5-7-13-9(8)4-6-12-10/h5,7H,4,6H2,1-3H3. The van der Waals surface area contributed by atoms with Gasteiger partial charge < -0.3 is 0 Å². The Balaban J connectivity index is 2.47. The van der Waals surface area contributed by atoms with Gasteiger partial charge in [-0.15, -0.1) is 11.3 Å². The van der Waals surface area contributed by atoms with E-state index < -0.39 is 0 Å². The molecule has 0 atom stereocenters. The molecule has 0 saturated carbocycles. The summed E-state index contributed by atoms with van der Waals surface area (Å²) in [5.74, 6) is 0. The van der Waals surface area contributed by atoms with Gasteiger partial charge in [-0.2, -0.15) is 0 Å². The highest BCUT2D eigenvalue weighted by atomic mass is 32.1. The molecule has 1 aliphatic rings. The molecule has 70 valence electrons. The first-order valence-electron chi connectivity index (χ1n) is 4.71. The van der Waals surface area contributed by atoms with Crippen LogP contribution in [0, 0.1) is 5.41 Å². The van der Waals surface area contributed by atoms with E-state index in [9.17, 15) is 0 Å². The molecule has 0 unspecified atom stereocenters. The Morgan fingerprint density at radius 1 is 1.38 bits per heavy atom. The van der Waals surface area contributed by atoms with Crippen LogP contribution in [-0.4, -0.2) is 12.3 Å². The average molecular weight is 193 g/mol. The van der Waals surface area contributed by atoms with Crippen LogP contribution >= 0.6 is 11.3 Å². The van der Waals surface area contributed by atoms with Gasteiger partial charge in [0.15, 0.2) is 0 Å². The predicted molar refractivity (Wildman–Crippen MR) is 58.9 cm³/mol. The highest BCUT2D eigenvalue weighted by Gasteiger charge is 2.25. The van der Waals surface area contributed by atoms with E-state index in [-0.39, 0.29) is 5.41 Å². The molecular weight excluding hydrogens is 178 g/mol. The maximum atomic E-state index is 4.64. The minimum Gasteiger partial charge on any atom is -0.288 e. The van der Waals surface area contributed by atoms with E-state index in [1.165, 1.54) is 16.2 Å². The van der Waals surface area contributed by atoms with Crippen molar-refractivity contribution in [2.24, 2.45) is 10.4 Å². The van der Waals surface area contributed by atoms with Crippen molar-refractivity contribution in [2.75, 3.05) is 6.54 Å². The Kier molecular flexibility index (Phi) is 2.03. The predicted octanol–water partition coefficient (Wildman–Crippen LogP) is 3.14. The molecule has 0 fully saturated rings. The van der Waals surface area contributed by atoms with Crippen LogP contribution in [0.4, 0.5) is 0 Å². The van der Waals surface area contributed by atoms with Gasteiger partial charge in [-0.05, 0) is 11.4 Å². The molecule has 2 heteroatoms. The van der Waals surface area contributed by atoms with Gasteiger partial charge in [0.05, 0.1) is 0 Å². The first kappa shape index (κ1) is 8.95. The van der Waals surface area contributed by atoms with Gasteiger partial charge in [0.2, 0.25) is 0 Å². The lowest BCUT2D eigenvalue weighted by Gasteiger charge is -2.24. The van der Waals surface area contributed by atoms with Crippen molar-refractivity contribution in [3.8, 4) is 0 Å². The number of thiophene rings is 1. The third-order valence-electron chi connectivity index (χ3n) is 2.32. The lowest BCUT2D eigenvalue weighted by molar-refractivity contribution is 0.586. The number of aliphatic imine (C=N–C) groups is 1. The highest BCUT2D eigenvalue weighted by Crippen LogP contribution is 2.30. The molecule has 0 amide bonds. The van der Waals surface area contributed by atoms with Crippen molar-refractivity contribution in [3.05, 3.63) is 21.9 Å². The van der Waals surface area contributed by atoms with Crippen molar-refractivity contribution < 1.29 is 0 Å². The van der Waals surface area contributed by atoms with Crippen molar-refractivity contribution >= 4 is 17.0 Å². The summed E-state index contributed by atoms with van der Waals surface area (Å²) < 4.78 is 0. The highest BCUT2D eigenvalue weighted by molar-refractivity contribution is 7.10. The van der Waals surface area contributed by atoms with Crippen LogP contribution < -0.4 is 0 Å². The maximum absolute atomic E-state index is 4.64. The molecule has 1 aromatic rings. The number of rotatable bonds is 0. The average Bonchev–Trinajstić information content (AvgIpc) is 2.48. The second-order valence-electron chi connectivity index (χ2n) is 4.49. The second-order valence-corrected chi connectivity index (χ2v) is 5.49. The van der Waals surface area contributed by atoms with E-state index in [0.717, 1.165) is 13.0 Å². The summed E-state index contributed by atoms with van der Waals surface area (Å²) in [6.45, 7) is 7.68. The van der Waals surface area contributed by atoms with Gasteiger partial charge in [-0.3, -0.25) is 4.99 Å². The Hall–Kier alpha value is -0.630. The van der Waals surface area contributed by atoms with Gasteiger partial charge >= 0.3 is 0 Å². The number of hydrogen-bond donors (Lipinski definition) is 0. The van der Waals surface area contributed by atoms with Crippen molar-refractivity contribution in [2.45, 2.75) is 27.2 Å². The van der Waals surface area contributed by atoms with Gasteiger partial charge in [0, 0.05) is 34.5 Å². The van der Waals surface area contributed by atoms with Crippen LogP contribution in [0.25, 0.3) is 0 Å². The van der Waals surface area contributed by atoms with Crippen LogP contribution in [0.1, 0.15) is 31.2 Å². The van der Waals surface area contributed by atoms with E-state index in [0.29, 0.717) is 0 Å². The van der Waals surface area contributed by atoms with Crippen LogP contribution in [-0.2, 0) is 6.42 Å². The van der Waals surface area contributed by atoms with E-state index in [1.807, 2.05) is 11.3 Å². The van der Waals surface area contributed by atoms with E-state index in [4.69, 9.17) is 0 Å². The smallest absolute Gasteiger partial charge is 0.0485 e. The topological polar surface area (TPSA) is 12.4 Å². The van der Waals surface area contributed by atoms with Crippen LogP contribution in [0.2, 0.25) is 0 Å². The molecule has 1 aliphatic heterocycles. The van der Waals surface area contributed by atoms with E-state index in [2.05, 4.69) is 37.2 Å². The lowest BCUT2D eigenvalue weighted by atomic mass is 9.84. The molecule has 0 bridgehead atoms. The Bertz CT molecular complexity index is 341. The maximum Gasteiger partial charge on any atom is 0.0485 e. The lowest BCUT2D eigenvalue weighted by Crippen LogP contribution is -2.25. The number of fused-ring (bicyclic) bond motifs is 1. The zero-order valence-corrected chi connectivity index (χ0v) is 9.24. The van der Waals surface area contributed by atoms with Gasteiger partial charge in [0.25, 0.3) is 0 Å². The van der Waals surface area contributed by atoms with Gasteiger partial charge in [0.1, 0.15) is 0 Å². The normalized spacial score (nSPS) is 16.7. The number of nitrogens with zero attached hydrogens (tertiary/aromatic N) is 1. The molecule has 1 aromatic heterocycles. The molecule has 0 spiro atoms. The Morgan fingerprint density at radius 2 is 2.15 bits per heavy atom. The largest absolute Gasteiger partial charge is 0.288 e. The molecule has 13 heavy (non-hydrogen) atoms. The van der Waals surface area contributed by atoms with Gasteiger partial charge in [-0.1, -0.05) is 20.8 Å². The molecule has 0 aliphatic carbocycles. The molecule has 1 nitrogen and oxygen atoms in total. The molecular formula is C11H15NS. The summed E-state index contributed by atoms with van der Waals surface area (Å²) in [7, 11) is 0. The zero-order chi connectivity index (χ0) is 9.47. The summed E-state index contributed by atoms with van der Waals surface area (Å²) in [5, 5.41) is 2.18. The van der Waals surface area contributed by atoms with E-state index >= 15 is 0 Å².